The number of hydrogen-bond acceptors (Lipinski definition) is 6. The van der Waals surface area contributed by atoms with Crippen molar-refractivity contribution >= 4 is 17.3 Å². The van der Waals surface area contributed by atoms with Gasteiger partial charge >= 0.3 is 5.97 Å². The monoisotopic (exact) mass is 473 g/mol. The third-order valence-electron chi connectivity index (χ3n) is 5.32. The van der Waals surface area contributed by atoms with Crippen molar-refractivity contribution in [1.82, 2.24) is 9.97 Å². The average molecular weight is 473 g/mol. The Morgan fingerprint density at radius 3 is 2.06 bits per heavy atom. The number of anilines is 2. The standard InChI is InChI=1S/C25H26F3N3O3/c1-12(2)21-24(22(13(3)4)30-11-29-21)31-23-14(25(32)34-6)10-16(27)19(20(23)28)18-15(26)8-7-9-17(18)33-5/h7-13,31H,1-6H3. The molecule has 9 heteroatoms. The summed E-state index contributed by atoms with van der Waals surface area (Å²) in [5, 5.41) is 2.92. The second-order valence-electron chi connectivity index (χ2n) is 8.23. The van der Waals surface area contributed by atoms with E-state index in [4.69, 9.17) is 9.47 Å². The van der Waals surface area contributed by atoms with E-state index in [1.54, 1.807) is 0 Å². The Balaban J connectivity index is 2.37. The maximum atomic E-state index is 16.1. The lowest BCUT2D eigenvalue weighted by atomic mass is 9.97. The van der Waals surface area contributed by atoms with Crippen LogP contribution in [0.2, 0.25) is 0 Å². The molecule has 0 amide bonds. The molecule has 34 heavy (non-hydrogen) atoms. The molecule has 0 atom stereocenters. The summed E-state index contributed by atoms with van der Waals surface area (Å²) in [6.07, 6.45) is 1.41. The van der Waals surface area contributed by atoms with Crippen molar-refractivity contribution in [2.45, 2.75) is 39.5 Å². The molecule has 0 spiro atoms. The van der Waals surface area contributed by atoms with E-state index < -0.39 is 40.1 Å². The number of aromatic nitrogens is 2. The molecule has 180 valence electrons. The SMILES string of the molecule is COC(=O)c1cc(F)c(-c2c(F)cccc2OC)c(F)c1Nc1c(C(C)C)ncnc1C(C)C. The van der Waals surface area contributed by atoms with Crippen LogP contribution >= 0.6 is 0 Å². The number of carbonyl (C=O) groups excluding carboxylic acids is 1. The molecule has 6 nitrogen and oxygen atoms in total. The summed E-state index contributed by atoms with van der Waals surface area (Å²) in [6, 6.07) is 4.63. The fourth-order valence-electron chi connectivity index (χ4n) is 3.70. The molecular weight excluding hydrogens is 447 g/mol. The van der Waals surface area contributed by atoms with Crippen molar-refractivity contribution in [3.05, 3.63) is 65.0 Å². The van der Waals surface area contributed by atoms with Crippen molar-refractivity contribution in [1.29, 1.82) is 0 Å². The third kappa shape index (κ3) is 4.55. The van der Waals surface area contributed by atoms with Gasteiger partial charge in [0.2, 0.25) is 0 Å². The van der Waals surface area contributed by atoms with Crippen molar-refractivity contribution in [2.75, 3.05) is 19.5 Å². The molecule has 1 heterocycles. The first-order valence-electron chi connectivity index (χ1n) is 10.7. The predicted octanol–water partition coefficient (Wildman–Crippen LogP) is 6.35. The van der Waals surface area contributed by atoms with E-state index in [2.05, 4.69) is 15.3 Å². The van der Waals surface area contributed by atoms with Crippen molar-refractivity contribution in [3.8, 4) is 16.9 Å². The van der Waals surface area contributed by atoms with Gasteiger partial charge in [-0.05, 0) is 30.0 Å². The highest BCUT2D eigenvalue weighted by Gasteiger charge is 2.29. The molecule has 0 saturated heterocycles. The minimum atomic E-state index is -1.18. The lowest BCUT2D eigenvalue weighted by Crippen LogP contribution is -2.14. The molecular formula is C25H26F3N3O3. The molecule has 0 bridgehead atoms. The summed E-state index contributed by atoms with van der Waals surface area (Å²) in [7, 11) is 2.36. The minimum absolute atomic E-state index is 0.0663. The van der Waals surface area contributed by atoms with E-state index in [1.807, 2.05) is 27.7 Å². The first-order valence-corrected chi connectivity index (χ1v) is 10.7. The fourth-order valence-corrected chi connectivity index (χ4v) is 3.70. The van der Waals surface area contributed by atoms with Gasteiger partial charge in [0.05, 0.1) is 53.7 Å². The average Bonchev–Trinajstić information content (AvgIpc) is 2.80. The Morgan fingerprint density at radius 2 is 1.53 bits per heavy atom. The van der Waals surface area contributed by atoms with Crippen LogP contribution in [0.5, 0.6) is 5.75 Å². The lowest BCUT2D eigenvalue weighted by molar-refractivity contribution is 0.0601. The van der Waals surface area contributed by atoms with Gasteiger partial charge in [-0.3, -0.25) is 0 Å². The van der Waals surface area contributed by atoms with E-state index in [9.17, 15) is 9.18 Å². The van der Waals surface area contributed by atoms with Gasteiger partial charge in [0, 0.05) is 0 Å². The van der Waals surface area contributed by atoms with Crippen molar-refractivity contribution < 1.29 is 27.4 Å². The second-order valence-corrected chi connectivity index (χ2v) is 8.23. The number of nitrogens with zero attached hydrogens (tertiary/aromatic N) is 2. The predicted molar refractivity (Wildman–Crippen MR) is 123 cm³/mol. The largest absolute Gasteiger partial charge is 0.496 e. The molecule has 2 aromatic carbocycles. The van der Waals surface area contributed by atoms with Crippen LogP contribution in [-0.2, 0) is 4.74 Å². The summed E-state index contributed by atoms with van der Waals surface area (Å²) in [5.74, 6) is -4.42. The topological polar surface area (TPSA) is 73.3 Å². The van der Waals surface area contributed by atoms with Gasteiger partial charge in [-0.2, -0.15) is 0 Å². The molecule has 0 aliphatic rings. The highest BCUT2D eigenvalue weighted by Crippen LogP contribution is 2.42. The summed E-state index contributed by atoms with van der Waals surface area (Å²) >= 11 is 0. The van der Waals surface area contributed by atoms with Crippen LogP contribution in [0.1, 0.15) is 61.3 Å². The zero-order chi connectivity index (χ0) is 25.2. The van der Waals surface area contributed by atoms with Gasteiger partial charge in [-0.15, -0.1) is 0 Å². The zero-order valence-corrected chi connectivity index (χ0v) is 19.8. The van der Waals surface area contributed by atoms with Crippen LogP contribution in [0.25, 0.3) is 11.1 Å². The molecule has 1 aromatic heterocycles. The maximum absolute atomic E-state index is 16.1. The van der Waals surface area contributed by atoms with Gasteiger partial charge in [0.1, 0.15) is 23.7 Å². The molecule has 0 aliphatic heterocycles. The minimum Gasteiger partial charge on any atom is -0.496 e. The Kier molecular flexibility index (Phi) is 7.44. The highest BCUT2D eigenvalue weighted by atomic mass is 19.1. The summed E-state index contributed by atoms with van der Waals surface area (Å²) in [6.45, 7) is 7.59. The van der Waals surface area contributed by atoms with E-state index in [0.29, 0.717) is 17.1 Å². The maximum Gasteiger partial charge on any atom is 0.340 e. The van der Waals surface area contributed by atoms with Gasteiger partial charge in [0.15, 0.2) is 5.82 Å². The van der Waals surface area contributed by atoms with E-state index >= 15 is 8.78 Å². The number of rotatable bonds is 7. The molecule has 0 fully saturated rings. The van der Waals surface area contributed by atoms with E-state index in [-0.39, 0.29) is 23.3 Å². The van der Waals surface area contributed by atoms with Crippen LogP contribution in [0.3, 0.4) is 0 Å². The number of carbonyl (C=O) groups is 1. The van der Waals surface area contributed by atoms with Crippen LogP contribution in [0.4, 0.5) is 24.5 Å². The molecule has 0 radical (unpaired) electrons. The van der Waals surface area contributed by atoms with Gasteiger partial charge in [-0.25, -0.2) is 27.9 Å². The third-order valence-corrected chi connectivity index (χ3v) is 5.32. The zero-order valence-electron chi connectivity index (χ0n) is 19.8. The first kappa shape index (κ1) is 25.0. The second kappa shape index (κ2) is 10.1. The number of hydrogen-bond donors (Lipinski definition) is 1. The van der Waals surface area contributed by atoms with Gasteiger partial charge in [-0.1, -0.05) is 33.8 Å². The summed E-state index contributed by atoms with van der Waals surface area (Å²) in [5.41, 5.74) is -0.339. The number of benzene rings is 2. The quantitative estimate of drug-likeness (QED) is 0.403. The highest BCUT2D eigenvalue weighted by molar-refractivity contribution is 5.98. The van der Waals surface area contributed by atoms with Crippen LogP contribution in [-0.4, -0.2) is 30.2 Å². The molecule has 3 rings (SSSR count). The first-order chi connectivity index (χ1) is 16.1. The van der Waals surface area contributed by atoms with Gasteiger partial charge < -0.3 is 14.8 Å². The van der Waals surface area contributed by atoms with Crippen molar-refractivity contribution in [2.24, 2.45) is 0 Å². The molecule has 0 aliphatic carbocycles. The number of esters is 1. The lowest BCUT2D eigenvalue weighted by Gasteiger charge is -2.22. The molecule has 1 N–H and O–H groups in total. The Hall–Kier alpha value is -3.62. The summed E-state index contributed by atoms with van der Waals surface area (Å²) in [4.78, 5) is 21.1. The fraction of sp³-hybridized carbons (Fsp3) is 0.320. The normalized spacial score (nSPS) is 11.1. The molecule has 0 saturated carbocycles. The van der Waals surface area contributed by atoms with E-state index in [1.165, 1.54) is 25.6 Å². The number of ether oxygens (including phenoxy) is 2. The van der Waals surface area contributed by atoms with Gasteiger partial charge in [0.25, 0.3) is 0 Å². The number of methoxy groups -OCH3 is 2. The molecule has 0 unspecified atom stereocenters. The van der Waals surface area contributed by atoms with E-state index in [0.717, 1.165) is 19.2 Å². The van der Waals surface area contributed by atoms with Crippen molar-refractivity contribution in [3.63, 3.8) is 0 Å². The number of halogens is 3. The van der Waals surface area contributed by atoms with Crippen LogP contribution < -0.4 is 10.1 Å². The Bertz CT molecular complexity index is 1200. The Labute approximate surface area is 196 Å². The number of nitrogens with one attached hydrogen (secondary N) is 1. The van der Waals surface area contributed by atoms with Crippen LogP contribution in [0.15, 0.2) is 30.6 Å². The smallest absolute Gasteiger partial charge is 0.340 e. The Morgan fingerprint density at radius 1 is 0.912 bits per heavy atom. The summed E-state index contributed by atoms with van der Waals surface area (Å²) < 4.78 is 55.9. The molecule has 3 aromatic rings. The van der Waals surface area contributed by atoms with Crippen LogP contribution in [0, 0.1) is 17.5 Å².